The number of rotatable bonds is 5. The van der Waals surface area contributed by atoms with Crippen molar-refractivity contribution in [3.8, 4) is 5.75 Å². The van der Waals surface area contributed by atoms with Crippen molar-refractivity contribution in [2.24, 2.45) is 0 Å². The zero-order valence-corrected chi connectivity index (χ0v) is 15.4. The second-order valence-electron chi connectivity index (χ2n) is 6.23. The Labute approximate surface area is 153 Å². The van der Waals surface area contributed by atoms with E-state index in [1.807, 2.05) is 50.2 Å². The highest BCUT2D eigenvalue weighted by Gasteiger charge is 2.38. The number of carbonyl (C=O) groups excluding carboxylic acids is 2. The Morgan fingerprint density at radius 1 is 1.00 bits per heavy atom. The summed E-state index contributed by atoms with van der Waals surface area (Å²) in [6.45, 7) is 6.12. The Morgan fingerprint density at radius 2 is 1.73 bits per heavy atom. The molecule has 1 aliphatic rings. The lowest BCUT2D eigenvalue weighted by Gasteiger charge is -2.13. The lowest BCUT2D eigenvalue weighted by atomic mass is 9.99. The van der Waals surface area contributed by atoms with Crippen LogP contribution in [0.3, 0.4) is 0 Å². The molecule has 0 unspecified atom stereocenters. The monoisotopic (exact) mass is 350 g/mol. The number of ether oxygens (including phenoxy) is 1. The summed E-state index contributed by atoms with van der Waals surface area (Å²) in [5.74, 6) is 0.00409. The number of benzene rings is 2. The Kier molecular flexibility index (Phi) is 4.80. The number of anilines is 1. The average molecular weight is 350 g/mol. The number of hydrogen-bond donors (Lipinski definition) is 1. The molecule has 0 atom stereocenters. The van der Waals surface area contributed by atoms with Gasteiger partial charge in [-0.1, -0.05) is 30.3 Å². The second-order valence-corrected chi connectivity index (χ2v) is 6.23. The van der Waals surface area contributed by atoms with Gasteiger partial charge in [-0.2, -0.15) is 0 Å². The van der Waals surface area contributed by atoms with Gasteiger partial charge in [0.25, 0.3) is 11.8 Å². The van der Waals surface area contributed by atoms with E-state index in [0.717, 1.165) is 16.7 Å². The van der Waals surface area contributed by atoms with Gasteiger partial charge in [-0.15, -0.1) is 0 Å². The van der Waals surface area contributed by atoms with Gasteiger partial charge in [-0.3, -0.25) is 14.5 Å². The molecular formula is C21H22N2O3. The van der Waals surface area contributed by atoms with E-state index in [-0.39, 0.29) is 17.5 Å². The molecule has 134 valence electrons. The highest BCUT2D eigenvalue weighted by molar-refractivity contribution is 6.36. The maximum Gasteiger partial charge on any atom is 0.278 e. The third-order valence-corrected chi connectivity index (χ3v) is 4.65. The van der Waals surface area contributed by atoms with Crippen LogP contribution in [0.1, 0.15) is 23.6 Å². The minimum Gasteiger partial charge on any atom is -0.495 e. The first-order chi connectivity index (χ1) is 12.5. The number of amides is 2. The van der Waals surface area contributed by atoms with Crippen LogP contribution >= 0.6 is 0 Å². The number of carbonyl (C=O) groups is 2. The Bertz CT molecular complexity index is 915. The summed E-state index contributed by atoms with van der Waals surface area (Å²) in [4.78, 5) is 27.0. The number of imide groups is 1. The van der Waals surface area contributed by atoms with Gasteiger partial charge in [0.2, 0.25) is 0 Å². The zero-order valence-electron chi connectivity index (χ0n) is 15.4. The van der Waals surface area contributed by atoms with Crippen LogP contribution in [-0.2, 0) is 9.59 Å². The Balaban J connectivity index is 2.14. The van der Waals surface area contributed by atoms with Crippen molar-refractivity contribution in [3.05, 3.63) is 64.9 Å². The summed E-state index contributed by atoms with van der Waals surface area (Å²) in [5.41, 5.74) is 4.26. The molecule has 3 rings (SSSR count). The molecule has 0 aromatic heterocycles. The molecule has 2 aromatic carbocycles. The van der Waals surface area contributed by atoms with Crippen LogP contribution in [0.2, 0.25) is 0 Å². The molecule has 1 N–H and O–H groups in total. The molecule has 0 fully saturated rings. The highest BCUT2D eigenvalue weighted by Crippen LogP contribution is 2.33. The molecule has 0 bridgehead atoms. The normalized spacial score (nSPS) is 14.2. The minimum atomic E-state index is -0.323. The van der Waals surface area contributed by atoms with Crippen LogP contribution in [0.15, 0.2) is 48.2 Å². The fourth-order valence-corrected chi connectivity index (χ4v) is 3.03. The summed E-state index contributed by atoms with van der Waals surface area (Å²) in [6.07, 6.45) is 0. The van der Waals surface area contributed by atoms with Crippen molar-refractivity contribution >= 4 is 23.1 Å². The topological polar surface area (TPSA) is 58.6 Å². The van der Waals surface area contributed by atoms with Gasteiger partial charge in [0.1, 0.15) is 11.4 Å². The summed E-state index contributed by atoms with van der Waals surface area (Å²) in [5, 5.41) is 3.13. The van der Waals surface area contributed by atoms with Gasteiger partial charge in [0, 0.05) is 6.54 Å². The van der Waals surface area contributed by atoms with Crippen LogP contribution in [0.5, 0.6) is 5.75 Å². The smallest absolute Gasteiger partial charge is 0.278 e. The fourth-order valence-electron chi connectivity index (χ4n) is 3.03. The van der Waals surface area contributed by atoms with Crippen molar-refractivity contribution in [1.82, 2.24) is 4.90 Å². The molecular weight excluding hydrogens is 328 g/mol. The van der Waals surface area contributed by atoms with Crippen LogP contribution in [0.4, 0.5) is 5.69 Å². The largest absolute Gasteiger partial charge is 0.495 e. The first-order valence-electron chi connectivity index (χ1n) is 8.56. The lowest BCUT2D eigenvalue weighted by Crippen LogP contribution is -2.32. The van der Waals surface area contributed by atoms with Gasteiger partial charge in [-0.25, -0.2) is 0 Å². The number of hydrogen-bond acceptors (Lipinski definition) is 4. The molecule has 0 saturated heterocycles. The van der Waals surface area contributed by atoms with Crippen LogP contribution in [0, 0.1) is 13.8 Å². The predicted molar refractivity (Wildman–Crippen MR) is 102 cm³/mol. The first kappa shape index (κ1) is 17.7. The predicted octanol–water partition coefficient (Wildman–Crippen LogP) is 3.52. The second kappa shape index (κ2) is 7.04. The zero-order chi connectivity index (χ0) is 18.8. The molecule has 1 aliphatic heterocycles. The van der Waals surface area contributed by atoms with E-state index in [2.05, 4.69) is 5.32 Å². The molecule has 0 spiro atoms. The lowest BCUT2D eigenvalue weighted by molar-refractivity contribution is -0.136. The van der Waals surface area contributed by atoms with E-state index in [1.165, 1.54) is 4.90 Å². The molecule has 1 heterocycles. The molecule has 0 saturated carbocycles. The SMILES string of the molecule is CCN1C(=O)C(Nc2ccccc2OC)=C(c2ccc(C)c(C)c2)C1=O. The van der Waals surface area contributed by atoms with Crippen molar-refractivity contribution in [3.63, 3.8) is 0 Å². The summed E-state index contributed by atoms with van der Waals surface area (Å²) < 4.78 is 5.35. The van der Waals surface area contributed by atoms with Gasteiger partial charge >= 0.3 is 0 Å². The molecule has 2 amide bonds. The molecule has 2 aromatic rings. The van der Waals surface area contributed by atoms with E-state index in [4.69, 9.17) is 4.74 Å². The van der Waals surface area contributed by atoms with E-state index >= 15 is 0 Å². The summed E-state index contributed by atoms with van der Waals surface area (Å²) in [6, 6.07) is 13.1. The van der Waals surface area contributed by atoms with Crippen LogP contribution in [0.25, 0.3) is 5.57 Å². The van der Waals surface area contributed by atoms with Crippen molar-refractivity contribution < 1.29 is 14.3 Å². The quantitative estimate of drug-likeness (QED) is 0.838. The van der Waals surface area contributed by atoms with Crippen LogP contribution in [-0.4, -0.2) is 30.4 Å². The average Bonchev–Trinajstić information content (AvgIpc) is 2.87. The maximum atomic E-state index is 12.9. The van der Waals surface area contributed by atoms with Gasteiger partial charge in [0.05, 0.1) is 18.4 Å². The summed E-state index contributed by atoms with van der Waals surface area (Å²) in [7, 11) is 1.57. The Morgan fingerprint density at radius 3 is 2.38 bits per heavy atom. The number of nitrogens with one attached hydrogen (secondary N) is 1. The van der Waals surface area contributed by atoms with Crippen LogP contribution < -0.4 is 10.1 Å². The number of methoxy groups -OCH3 is 1. The van der Waals surface area contributed by atoms with Crippen molar-refractivity contribution in [2.75, 3.05) is 19.0 Å². The van der Waals surface area contributed by atoms with Crippen molar-refractivity contribution in [2.45, 2.75) is 20.8 Å². The van der Waals surface area contributed by atoms with Gasteiger partial charge < -0.3 is 10.1 Å². The molecule has 5 nitrogen and oxygen atoms in total. The Hall–Kier alpha value is -3.08. The number of nitrogens with zero attached hydrogens (tertiary/aromatic N) is 1. The molecule has 26 heavy (non-hydrogen) atoms. The standard InChI is InChI=1S/C21H22N2O3/c1-5-23-20(24)18(15-11-10-13(2)14(3)12-15)19(21(23)25)22-16-8-6-7-9-17(16)26-4/h6-12,22H,5H2,1-4H3. The van der Waals surface area contributed by atoms with E-state index in [1.54, 1.807) is 20.1 Å². The number of aryl methyl sites for hydroxylation is 2. The third kappa shape index (κ3) is 2.96. The molecule has 0 aliphatic carbocycles. The van der Waals surface area contributed by atoms with Gasteiger partial charge in [-0.05, 0) is 49.6 Å². The number of para-hydroxylation sites is 2. The van der Waals surface area contributed by atoms with E-state index in [9.17, 15) is 9.59 Å². The molecule has 0 radical (unpaired) electrons. The highest BCUT2D eigenvalue weighted by atomic mass is 16.5. The van der Waals surface area contributed by atoms with E-state index < -0.39 is 0 Å². The van der Waals surface area contributed by atoms with E-state index in [0.29, 0.717) is 23.6 Å². The molecule has 5 heteroatoms. The summed E-state index contributed by atoms with van der Waals surface area (Å²) >= 11 is 0. The fraction of sp³-hybridized carbons (Fsp3) is 0.238. The first-order valence-corrected chi connectivity index (χ1v) is 8.56. The number of likely N-dealkylation sites (N-methyl/N-ethyl adjacent to an activating group) is 1. The van der Waals surface area contributed by atoms with Crippen molar-refractivity contribution in [1.29, 1.82) is 0 Å². The maximum absolute atomic E-state index is 12.9. The minimum absolute atomic E-state index is 0.279. The third-order valence-electron chi connectivity index (χ3n) is 4.65. The van der Waals surface area contributed by atoms with Gasteiger partial charge in [0.15, 0.2) is 0 Å².